The van der Waals surface area contributed by atoms with Crippen molar-refractivity contribution in [2.24, 2.45) is 5.92 Å². The Morgan fingerprint density at radius 1 is 1.50 bits per heavy atom. The number of hydrogen-bond acceptors (Lipinski definition) is 2. The molecular weight excluding hydrogens is 150 g/mol. The first kappa shape index (κ1) is 9.49. The summed E-state index contributed by atoms with van der Waals surface area (Å²) in [5.74, 6) is 0.481. The average molecular weight is 167 g/mol. The van der Waals surface area contributed by atoms with E-state index in [0.29, 0.717) is 12.5 Å². The molecule has 2 unspecified atom stereocenters. The quantitative estimate of drug-likeness (QED) is 0.659. The fraction of sp³-hybridized carbons (Fsp3) is 0.600. The third-order valence-electron chi connectivity index (χ3n) is 2.52. The second-order valence-electron chi connectivity index (χ2n) is 3.47. The van der Waals surface area contributed by atoms with Crippen molar-refractivity contribution in [1.82, 2.24) is 5.32 Å². The van der Waals surface area contributed by atoms with Crippen molar-refractivity contribution in [1.29, 1.82) is 0 Å². The van der Waals surface area contributed by atoms with Gasteiger partial charge in [0.05, 0.1) is 6.61 Å². The van der Waals surface area contributed by atoms with Crippen LogP contribution in [0.3, 0.4) is 0 Å². The monoisotopic (exact) mass is 167 g/mol. The molecule has 1 rings (SSSR count). The molecule has 0 spiro atoms. The number of rotatable bonds is 3. The first-order chi connectivity index (χ1) is 5.69. The van der Waals surface area contributed by atoms with E-state index in [9.17, 15) is 0 Å². The van der Waals surface area contributed by atoms with Gasteiger partial charge in [-0.1, -0.05) is 31.2 Å². The Bertz CT molecular complexity index is 198. The number of nitrogens with one attached hydrogen (secondary N) is 1. The molecule has 0 fully saturated rings. The van der Waals surface area contributed by atoms with Crippen LogP contribution in [0.25, 0.3) is 0 Å². The molecule has 2 nitrogen and oxygen atoms in total. The molecular formula is C10H17NO. The summed E-state index contributed by atoms with van der Waals surface area (Å²) in [6.45, 7) is 5.16. The van der Waals surface area contributed by atoms with Crippen LogP contribution in [0.5, 0.6) is 0 Å². The molecule has 0 bridgehead atoms. The van der Waals surface area contributed by atoms with Crippen molar-refractivity contribution in [2.75, 3.05) is 13.2 Å². The van der Waals surface area contributed by atoms with Crippen LogP contribution in [0.1, 0.15) is 13.8 Å². The fourth-order valence-corrected chi connectivity index (χ4v) is 1.38. The molecule has 2 N–H and O–H groups in total. The molecule has 0 heterocycles. The smallest absolute Gasteiger partial charge is 0.0556 e. The van der Waals surface area contributed by atoms with E-state index in [1.54, 1.807) is 0 Å². The number of aliphatic hydroxyl groups is 1. The van der Waals surface area contributed by atoms with E-state index in [1.807, 2.05) is 6.08 Å². The Balaban J connectivity index is 2.57. The van der Waals surface area contributed by atoms with Gasteiger partial charge in [0.15, 0.2) is 0 Å². The highest BCUT2D eigenvalue weighted by Crippen LogP contribution is 2.22. The summed E-state index contributed by atoms with van der Waals surface area (Å²) in [5.41, 5.74) is 0.0114. The van der Waals surface area contributed by atoms with E-state index < -0.39 is 0 Å². The average Bonchev–Trinajstić information content (AvgIpc) is 2.07. The molecule has 12 heavy (non-hydrogen) atoms. The van der Waals surface area contributed by atoms with E-state index in [0.717, 1.165) is 0 Å². The molecule has 0 saturated heterocycles. The van der Waals surface area contributed by atoms with Crippen LogP contribution in [0.2, 0.25) is 0 Å². The summed E-state index contributed by atoms with van der Waals surface area (Å²) in [5, 5.41) is 12.0. The van der Waals surface area contributed by atoms with Crippen molar-refractivity contribution in [3.63, 3.8) is 0 Å². The van der Waals surface area contributed by atoms with Gasteiger partial charge in [-0.3, -0.25) is 0 Å². The van der Waals surface area contributed by atoms with Crippen LogP contribution >= 0.6 is 0 Å². The minimum Gasteiger partial charge on any atom is -0.395 e. The zero-order valence-electron chi connectivity index (χ0n) is 7.75. The lowest BCUT2D eigenvalue weighted by atomic mass is 9.83. The van der Waals surface area contributed by atoms with Gasteiger partial charge in [0, 0.05) is 12.1 Å². The normalized spacial score (nSPS) is 34.1. The lowest BCUT2D eigenvalue weighted by Crippen LogP contribution is -2.47. The summed E-state index contributed by atoms with van der Waals surface area (Å²) in [6, 6.07) is 0. The standard InChI is InChI=1S/C10H17NO/c1-9-5-3-4-6-10(9,2)11-7-8-12/h3-6,9,11-12H,7-8H2,1-2H3. The minimum absolute atomic E-state index is 0.0114. The molecule has 0 aliphatic heterocycles. The summed E-state index contributed by atoms with van der Waals surface area (Å²) < 4.78 is 0. The van der Waals surface area contributed by atoms with E-state index in [4.69, 9.17) is 5.11 Å². The highest BCUT2D eigenvalue weighted by Gasteiger charge is 2.26. The van der Waals surface area contributed by atoms with Gasteiger partial charge in [0.25, 0.3) is 0 Å². The Kier molecular flexibility index (Phi) is 3.06. The van der Waals surface area contributed by atoms with E-state index in [-0.39, 0.29) is 12.1 Å². The van der Waals surface area contributed by atoms with Crippen molar-refractivity contribution in [3.8, 4) is 0 Å². The summed E-state index contributed by atoms with van der Waals surface area (Å²) in [4.78, 5) is 0. The van der Waals surface area contributed by atoms with Gasteiger partial charge in [0.2, 0.25) is 0 Å². The first-order valence-electron chi connectivity index (χ1n) is 4.41. The van der Waals surface area contributed by atoms with Gasteiger partial charge in [-0.15, -0.1) is 0 Å². The zero-order chi connectivity index (χ0) is 9.03. The lowest BCUT2D eigenvalue weighted by molar-refractivity contribution is 0.259. The van der Waals surface area contributed by atoms with Crippen LogP contribution < -0.4 is 5.32 Å². The Morgan fingerprint density at radius 3 is 2.83 bits per heavy atom. The summed E-state index contributed by atoms with van der Waals surface area (Å²) in [6.07, 6.45) is 8.43. The van der Waals surface area contributed by atoms with Gasteiger partial charge in [0.1, 0.15) is 0 Å². The van der Waals surface area contributed by atoms with Gasteiger partial charge in [-0.25, -0.2) is 0 Å². The molecule has 0 aromatic carbocycles. The van der Waals surface area contributed by atoms with Crippen LogP contribution in [-0.4, -0.2) is 23.8 Å². The van der Waals surface area contributed by atoms with E-state index >= 15 is 0 Å². The van der Waals surface area contributed by atoms with Crippen molar-refractivity contribution in [2.45, 2.75) is 19.4 Å². The van der Waals surface area contributed by atoms with Crippen LogP contribution in [0.4, 0.5) is 0 Å². The maximum atomic E-state index is 8.69. The maximum absolute atomic E-state index is 8.69. The highest BCUT2D eigenvalue weighted by molar-refractivity contribution is 5.22. The molecule has 1 aliphatic carbocycles. The van der Waals surface area contributed by atoms with Gasteiger partial charge >= 0.3 is 0 Å². The number of aliphatic hydroxyl groups excluding tert-OH is 1. The summed E-state index contributed by atoms with van der Waals surface area (Å²) in [7, 11) is 0. The number of allylic oxidation sites excluding steroid dienone is 2. The third kappa shape index (κ3) is 1.96. The topological polar surface area (TPSA) is 32.3 Å². The van der Waals surface area contributed by atoms with Gasteiger partial charge in [-0.05, 0) is 12.8 Å². The van der Waals surface area contributed by atoms with Gasteiger partial charge < -0.3 is 10.4 Å². The molecule has 0 radical (unpaired) electrons. The maximum Gasteiger partial charge on any atom is 0.0556 e. The van der Waals surface area contributed by atoms with Crippen LogP contribution in [0, 0.1) is 5.92 Å². The second kappa shape index (κ2) is 3.87. The van der Waals surface area contributed by atoms with Crippen molar-refractivity contribution in [3.05, 3.63) is 24.3 Å². The largest absolute Gasteiger partial charge is 0.395 e. The molecule has 2 heteroatoms. The number of β-amino-alcohol motifs (C(OH)–C–C–N with tert-alkyl or cyclic N) is 1. The molecule has 0 aromatic rings. The SMILES string of the molecule is CC1C=CC=CC1(C)NCCO. The molecule has 0 amide bonds. The second-order valence-corrected chi connectivity index (χ2v) is 3.47. The Labute approximate surface area is 74.0 Å². The lowest BCUT2D eigenvalue weighted by Gasteiger charge is -2.34. The fourth-order valence-electron chi connectivity index (χ4n) is 1.38. The van der Waals surface area contributed by atoms with Crippen LogP contribution in [-0.2, 0) is 0 Å². The molecule has 2 atom stereocenters. The molecule has 0 aromatic heterocycles. The van der Waals surface area contributed by atoms with E-state index in [1.165, 1.54) is 0 Å². The highest BCUT2D eigenvalue weighted by atomic mass is 16.3. The minimum atomic E-state index is 0.0114. The predicted octanol–water partition coefficient (Wildman–Crippen LogP) is 1.09. The molecule has 1 aliphatic rings. The molecule has 0 saturated carbocycles. The zero-order valence-corrected chi connectivity index (χ0v) is 7.75. The van der Waals surface area contributed by atoms with Crippen LogP contribution in [0.15, 0.2) is 24.3 Å². The molecule has 68 valence electrons. The number of hydrogen-bond donors (Lipinski definition) is 2. The van der Waals surface area contributed by atoms with Crippen molar-refractivity contribution >= 4 is 0 Å². The van der Waals surface area contributed by atoms with Crippen molar-refractivity contribution < 1.29 is 5.11 Å². The Morgan fingerprint density at radius 2 is 2.25 bits per heavy atom. The predicted molar refractivity (Wildman–Crippen MR) is 50.9 cm³/mol. The van der Waals surface area contributed by atoms with Gasteiger partial charge in [-0.2, -0.15) is 0 Å². The third-order valence-corrected chi connectivity index (χ3v) is 2.52. The first-order valence-corrected chi connectivity index (χ1v) is 4.41. The summed E-state index contributed by atoms with van der Waals surface area (Å²) >= 11 is 0. The van der Waals surface area contributed by atoms with E-state index in [2.05, 4.69) is 37.4 Å². The Hall–Kier alpha value is -0.600.